The molecular formula is C35H60O11S. The third kappa shape index (κ3) is 23.4. The van der Waals surface area contributed by atoms with Crippen LogP contribution in [0.1, 0.15) is 50.7 Å². The first-order chi connectivity index (χ1) is 22.7. The van der Waals surface area contributed by atoms with Crippen LogP contribution >= 0.6 is 11.8 Å². The number of phenolic OH excluding ortho intramolecular Hbond substituents is 1. The normalized spacial score (nSPS) is 14.3. The average molecular weight is 689 g/mol. The van der Waals surface area contributed by atoms with Gasteiger partial charge in [0.25, 0.3) is 0 Å². The van der Waals surface area contributed by atoms with E-state index in [4.69, 9.17) is 33.5 Å². The average Bonchev–Trinajstić information content (AvgIpc) is 3.05. The van der Waals surface area contributed by atoms with E-state index in [2.05, 4.69) is 20.4 Å². The summed E-state index contributed by atoms with van der Waals surface area (Å²) in [5, 5.41) is 38.6. The molecule has 0 saturated carbocycles. The number of aliphatic hydroxyl groups excluding tert-OH is 3. The second kappa shape index (κ2) is 28.3. The largest absolute Gasteiger partial charge is 0.508 e. The molecule has 1 aromatic carbocycles. The van der Waals surface area contributed by atoms with Gasteiger partial charge in [-0.25, -0.2) is 0 Å². The summed E-state index contributed by atoms with van der Waals surface area (Å²) < 4.78 is 34.6. The molecule has 0 aliphatic carbocycles. The first kappa shape index (κ1) is 43.4. The Kier molecular flexibility index (Phi) is 26.1. The van der Waals surface area contributed by atoms with Gasteiger partial charge in [-0.3, -0.25) is 4.79 Å². The highest BCUT2D eigenvalue weighted by Crippen LogP contribution is 2.19. The molecule has 0 heterocycles. The number of benzene rings is 1. The number of rotatable bonds is 32. The Labute approximate surface area is 285 Å². The Balaban J connectivity index is 2.37. The van der Waals surface area contributed by atoms with Gasteiger partial charge in [-0.05, 0) is 49.3 Å². The van der Waals surface area contributed by atoms with Crippen LogP contribution in [-0.4, -0.2) is 135 Å². The van der Waals surface area contributed by atoms with E-state index in [9.17, 15) is 20.1 Å². The zero-order valence-corrected chi connectivity index (χ0v) is 29.5. The van der Waals surface area contributed by atoms with Crippen LogP contribution in [0.15, 0.2) is 30.9 Å². The molecule has 4 atom stereocenters. The van der Waals surface area contributed by atoms with E-state index in [0.29, 0.717) is 63.3 Å². The van der Waals surface area contributed by atoms with Gasteiger partial charge in [0, 0.05) is 31.0 Å². The summed E-state index contributed by atoms with van der Waals surface area (Å²) in [6.07, 6.45) is 2.60. The molecular weight excluding hydrogens is 628 g/mol. The molecule has 0 fully saturated rings. The van der Waals surface area contributed by atoms with Gasteiger partial charge < -0.3 is 48.8 Å². The fraction of sp³-hybridized carbons (Fsp3) is 0.743. The smallest absolute Gasteiger partial charge is 0.133 e. The van der Waals surface area contributed by atoms with Gasteiger partial charge in [0.05, 0.1) is 66.1 Å². The third-order valence-electron chi connectivity index (χ3n) is 7.05. The summed E-state index contributed by atoms with van der Waals surface area (Å²) in [4.78, 5) is 12.3. The molecule has 1 rings (SSSR count). The Hall–Kier alpha value is -1.58. The van der Waals surface area contributed by atoms with Gasteiger partial charge in [0.1, 0.15) is 35.9 Å². The van der Waals surface area contributed by atoms with E-state index in [-0.39, 0.29) is 50.7 Å². The van der Waals surface area contributed by atoms with Crippen molar-refractivity contribution >= 4 is 17.5 Å². The zero-order chi connectivity index (χ0) is 34.7. The Morgan fingerprint density at radius 1 is 0.872 bits per heavy atom. The van der Waals surface area contributed by atoms with Crippen molar-refractivity contribution in [2.45, 2.75) is 77.3 Å². The maximum atomic E-state index is 12.3. The van der Waals surface area contributed by atoms with Gasteiger partial charge in [0.2, 0.25) is 0 Å². The van der Waals surface area contributed by atoms with E-state index < -0.39 is 24.9 Å². The zero-order valence-electron chi connectivity index (χ0n) is 28.7. The van der Waals surface area contributed by atoms with E-state index >= 15 is 0 Å². The summed E-state index contributed by atoms with van der Waals surface area (Å²) in [5.74, 6) is 2.45. The molecule has 1 aromatic rings. The molecule has 0 spiro atoms. The van der Waals surface area contributed by atoms with Crippen molar-refractivity contribution in [1.82, 2.24) is 0 Å². The summed E-state index contributed by atoms with van der Waals surface area (Å²) in [7, 11) is 0. The third-order valence-corrected chi connectivity index (χ3v) is 8.00. The second-order valence-electron chi connectivity index (χ2n) is 11.9. The topological polar surface area (TPSA) is 153 Å². The number of ether oxygens (including phenoxy) is 6. The van der Waals surface area contributed by atoms with Gasteiger partial charge in [-0.1, -0.05) is 32.1 Å². The predicted molar refractivity (Wildman–Crippen MR) is 184 cm³/mol. The lowest BCUT2D eigenvalue weighted by molar-refractivity contribution is -0.131. The number of aryl methyl sites for hydroxylation is 2. The van der Waals surface area contributed by atoms with Crippen molar-refractivity contribution in [3.8, 4) is 5.75 Å². The standard InChI is InChI=1S/C35H60O11S/c1-5-13-41-22-33(23-42-14-11-27(2)3)46-25-32(20-37)45-26-34(44-21-31(39)19-36)24-43-15-17-47-16-12-30(38)8-6-7-29-10-9-28(4)35(40)18-29/h5,9-10,18,27,31-34,36-37,39-40H,1,6-8,11-17,19-26H2,2-4H3. The molecule has 0 saturated heterocycles. The van der Waals surface area contributed by atoms with Crippen LogP contribution in [0, 0.1) is 12.8 Å². The number of phenols is 1. The molecule has 12 heteroatoms. The first-order valence-electron chi connectivity index (χ1n) is 16.6. The number of hydrogen-bond donors (Lipinski definition) is 4. The fourth-order valence-corrected chi connectivity index (χ4v) is 4.90. The number of carbonyl (C=O) groups is 1. The minimum Gasteiger partial charge on any atom is -0.508 e. The molecule has 0 bridgehead atoms. The minimum absolute atomic E-state index is 0.0824. The molecule has 4 unspecified atom stereocenters. The Bertz CT molecular complexity index is 933. The van der Waals surface area contributed by atoms with Crippen LogP contribution in [0.3, 0.4) is 0 Å². The lowest BCUT2D eigenvalue weighted by atomic mass is 10.0. The summed E-state index contributed by atoms with van der Waals surface area (Å²) in [5.41, 5.74) is 1.87. The minimum atomic E-state index is -1.03. The molecule has 0 radical (unpaired) electrons. The number of Topliss-reactive ketones (excluding diaryl/α,β-unsaturated/α-hetero) is 1. The van der Waals surface area contributed by atoms with Crippen molar-refractivity contribution in [2.24, 2.45) is 5.92 Å². The van der Waals surface area contributed by atoms with Crippen LogP contribution < -0.4 is 0 Å². The molecule has 0 aliphatic heterocycles. The van der Waals surface area contributed by atoms with Crippen molar-refractivity contribution in [1.29, 1.82) is 0 Å². The second-order valence-corrected chi connectivity index (χ2v) is 13.1. The molecule has 11 nitrogen and oxygen atoms in total. The maximum Gasteiger partial charge on any atom is 0.133 e. The number of aliphatic hydroxyl groups is 3. The van der Waals surface area contributed by atoms with Crippen molar-refractivity contribution in [3.05, 3.63) is 42.0 Å². The summed E-state index contributed by atoms with van der Waals surface area (Å²) in [6, 6.07) is 5.63. The van der Waals surface area contributed by atoms with Gasteiger partial charge in [-0.15, -0.1) is 6.58 Å². The molecule has 272 valence electrons. The van der Waals surface area contributed by atoms with E-state index in [1.54, 1.807) is 23.9 Å². The number of carbonyl (C=O) groups excluding carboxylic acids is 1. The Morgan fingerprint density at radius 2 is 1.53 bits per heavy atom. The van der Waals surface area contributed by atoms with E-state index in [0.717, 1.165) is 30.4 Å². The van der Waals surface area contributed by atoms with Crippen LogP contribution in [0.25, 0.3) is 0 Å². The lowest BCUT2D eigenvalue weighted by Gasteiger charge is -2.24. The highest BCUT2D eigenvalue weighted by atomic mass is 32.2. The lowest BCUT2D eigenvalue weighted by Crippen LogP contribution is -2.36. The van der Waals surface area contributed by atoms with E-state index in [1.165, 1.54) is 0 Å². The summed E-state index contributed by atoms with van der Waals surface area (Å²) in [6.45, 7) is 11.5. The van der Waals surface area contributed by atoms with Crippen molar-refractivity contribution < 1.29 is 53.6 Å². The number of aromatic hydroxyl groups is 1. The molecule has 47 heavy (non-hydrogen) atoms. The molecule has 0 aliphatic rings. The van der Waals surface area contributed by atoms with Crippen LogP contribution in [-0.2, 0) is 39.6 Å². The van der Waals surface area contributed by atoms with E-state index in [1.807, 2.05) is 19.1 Å². The monoisotopic (exact) mass is 688 g/mol. The van der Waals surface area contributed by atoms with Crippen LogP contribution in [0.4, 0.5) is 0 Å². The predicted octanol–water partition coefficient (Wildman–Crippen LogP) is 3.50. The quantitative estimate of drug-likeness (QED) is 0.0648. The van der Waals surface area contributed by atoms with Crippen LogP contribution in [0.2, 0.25) is 0 Å². The number of ketones is 1. The first-order valence-corrected chi connectivity index (χ1v) is 17.8. The van der Waals surface area contributed by atoms with Crippen molar-refractivity contribution in [2.75, 3.05) is 84.2 Å². The Morgan fingerprint density at radius 3 is 2.21 bits per heavy atom. The maximum absolute atomic E-state index is 12.3. The molecule has 0 amide bonds. The highest BCUT2D eigenvalue weighted by molar-refractivity contribution is 7.99. The molecule has 0 aromatic heterocycles. The molecule has 4 N–H and O–H groups in total. The summed E-state index contributed by atoms with van der Waals surface area (Å²) >= 11 is 1.64. The van der Waals surface area contributed by atoms with Gasteiger partial charge in [-0.2, -0.15) is 11.8 Å². The van der Waals surface area contributed by atoms with Gasteiger partial charge in [0.15, 0.2) is 0 Å². The number of hydrogen-bond acceptors (Lipinski definition) is 12. The van der Waals surface area contributed by atoms with Crippen molar-refractivity contribution in [3.63, 3.8) is 0 Å². The highest BCUT2D eigenvalue weighted by Gasteiger charge is 2.19. The van der Waals surface area contributed by atoms with Crippen LogP contribution in [0.5, 0.6) is 5.75 Å². The number of thioether (sulfide) groups is 1. The fourth-order valence-electron chi connectivity index (χ4n) is 4.09. The van der Waals surface area contributed by atoms with Gasteiger partial charge >= 0.3 is 0 Å². The SMILES string of the molecule is C=CCOCC(COCCC(C)C)OCC(CO)OCC(COCCSCCC(=O)CCCc1ccc(C)c(O)c1)OCC(O)CO.